The molecule has 1 aromatic rings. The van der Waals surface area contributed by atoms with Crippen LogP contribution in [0, 0.1) is 0 Å². The van der Waals surface area contributed by atoms with Crippen molar-refractivity contribution < 1.29 is 4.74 Å². The molecule has 0 aliphatic heterocycles. The summed E-state index contributed by atoms with van der Waals surface area (Å²) in [6, 6.07) is 5.66. The number of benzene rings is 1. The van der Waals surface area contributed by atoms with Gasteiger partial charge in [0.1, 0.15) is 5.75 Å². The third kappa shape index (κ3) is 2.53. The van der Waals surface area contributed by atoms with E-state index in [9.17, 15) is 0 Å². The van der Waals surface area contributed by atoms with Crippen LogP contribution in [0.5, 0.6) is 5.75 Å². The molecule has 78 valence electrons. The van der Waals surface area contributed by atoms with E-state index in [1.165, 1.54) is 0 Å². The smallest absolute Gasteiger partial charge is 0.120 e. The molecule has 0 aliphatic carbocycles. The molecule has 2 nitrogen and oxygen atoms in total. The van der Waals surface area contributed by atoms with E-state index in [0.29, 0.717) is 10.9 Å². The summed E-state index contributed by atoms with van der Waals surface area (Å²) in [5, 5.41) is 3.76. The Morgan fingerprint density at radius 1 is 1.50 bits per heavy atom. The van der Waals surface area contributed by atoms with E-state index in [0.717, 1.165) is 11.3 Å². The minimum atomic E-state index is 0.0788. The summed E-state index contributed by atoms with van der Waals surface area (Å²) in [6.45, 7) is 0. The summed E-state index contributed by atoms with van der Waals surface area (Å²) in [7, 11) is 3.47. The van der Waals surface area contributed by atoms with E-state index in [-0.39, 0.29) is 6.04 Å². The number of alkyl halides is 1. The van der Waals surface area contributed by atoms with E-state index >= 15 is 0 Å². The van der Waals surface area contributed by atoms with Crippen molar-refractivity contribution in [1.82, 2.24) is 5.32 Å². The Labute approximate surface area is 94.2 Å². The molecule has 0 fully saturated rings. The van der Waals surface area contributed by atoms with Gasteiger partial charge in [-0.3, -0.25) is 0 Å². The second kappa shape index (κ2) is 5.44. The minimum Gasteiger partial charge on any atom is -0.497 e. The lowest BCUT2D eigenvalue weighted by atomic mass is 10.1. The van der Waals surface area contributed by atoms with Crippen molar-refractivity contribution in [2.75, 3.05) is 20.0 Å². The lowest BCUT2D eigenvalue weighted by Gasteiger charge is -2.15. The van der Waals surface area contributed by atoms with E-state index in [1.807, 2.05) is 19.2 Å². The largest absolute Gasteiger partial charge is 0.497 e. The predicted molar refractivity (Wildman–Crippen MR) is 60.5 cm³/mol. The molecule has 14 heavy (non-hydrogen) atoms. The molecule has 0 aliphatic rings. The van der Waals surface area contributed by atoms with E-state index in [2.05, 4.69) is 5.32 Å². The van der Waals surface area contributed by atoms with Crippen molar-refractivity contribution in [2.45, 2.75) is 6.04 Å². The van der Waals surface area contributed by atoms with Gasteiger partial charge in [-0.2, -0.15) is 0 Å². The lowest BCUT2D eigenvalue weighted by molar-refractivity contribution is 0.414. The molecule has 1 aromatic carbocycles. The molecule has 0 spiro atoms. The predicted octanol–water partition coefficient (Wildman–Crippen LogP) is 2.85. The average Bonchev–Trinajstić information content (AvgIpc) is 2.22. The maximum atomic E-state index is 6.08. The van der Waals surface area contributed by atoms with Crippen LogP contribution < -0.4 is 10.1 Å². The minimum absolute atomic E-state index is 0.0788. The Bertz CT molecular complexity index is 300. The van der Waals surface area contributed by atoms with Crippen molar-refractivity contribution >= 4 is 23.2 Å². The highest BCUT2D eigenvalue weighted by molar-refractivity contribution is 6.31. The summed E-state index contributed by atoms with van der Waals surface area (Å²) in [6.07, 6.45) is 0. The SMILES string of the molecule is CNC(CCl)c1ccc(OC)cc1Cl. The van der Waals surface area contributed by atoms with Crippen molar-refractivity contribution in [1.29, 1.82) is 0 Å². The first-order valence-electron chi connectivity index (χ1n) is 4.29. The zero-order valence-electron chi connectivity index (χ0n) is 8.18. The summed E-state index contributed by atoms with van der Waals surface area (Å²) >= 11 is 11.9. The first-order chi connectivity index (χ1) is 6.72. The number of nitrogens with one attached hydrogen (secondary N) is 1. The van der Waals surface area contributed by atoms with Crippen LogP contribution in [0.25, 0.3) is 0 Å². The molecular formula is C10H13Cl2NO. The normalized spacial score (nSPS) is 12.6. The maximum Gasteiger partial charge on any atom is 0.120 e. The van der Waals surface area contributed by atoms with Crippen LogP contribution in [-0.4, -0.2) is 20.0 Å². The fourth-order valence-corrected chi connectivity index (χ4v) is 1.86. The van der Waals surface area contributed by atoms with Gasteiger partial charge in [0.15, 0.2) is 0 Å². The van der Waals surface area contributed by atoms with Gasteiger partial charge in [-0.1, -0.05) is 17.7 Å². The molecule has 4 heteroatoms. The zero-order valence-corrected chi connectivity index (χ0v) is 9.69. The van der Waals surface area contributed by atoms with Crippen LogP contribution >= 0.6 is 23.2 Å². The van der Waals surface area contributed by atoms with Crippen molar-refractivity contribution in [2.24, 2.45) is 0 Å². The Morgan fingerprint density at radius 2 is 2.21 bits per heavy atom. The highest BCUT2D eigenvalue weighted by Gasteiger charge is 2.11. The number of methoxy groups -OCH3 is 1. The lowest BCUT2D eigenvalue weighted by Crippen LogP contribution is -2.18. The number of rotatable bonds is 4. The first-order valence-corrected chi connectivity index (χ1v) is 5.20. The molecule has 0 aromatic heterocycles. The van der Waals surface area contributed by atoms with Gasteiger partial charge in [0, 0.05) is 16.9 Å². The molecule has 0 saturated carbocycles. The van der Waals surface area contributed by atoms with Gasteiger partial charge in [-0.15, -0.1) is 11.6 Å². The first kappa shape index (κ1) is 11.6. The molecule has 0 amide bonds. The van der Waals surface area contributed by atoms with Gasteiger partial charge in [-0.25, -0.2) is 0 Å². The fourth-order valence-electron chi connectivity index (χ4n) is 1.23. The molecule has 0 heterocycles. The molecule has 0 radical (unpaired) electrons. The zero-order chi connectivity index (χ0) is 10.6. The monoisotopic (exact) mass is 233 g/mol. The fraction of sp³-hybridized carbons (Fsp3) is 0.400. The molecule has 1 N–H and O–H groups in total. The number of ether oxygens (including phenoxy) is 1. The Balaban J connectivity index is 2.98. The second-order valence-electron chi connectivity index (χ2n) is 2.88. The average molecular weight is 234 g/mol. The van der Waals surface area contributed by atoms with E-state index < -0.39 is 0 Å². The van der Waals surface area contributed by atoms with Crippen LogP contribution in [0.15, 0.2) is 18.2 Å². The van der Waals surface area contributed by atoms with Gasteiger partial charge < -0.3 is 10.1 Å². The van der Waals surface area contributed by atoms with Crippen LogP contribution in [-0.2, 0) is 0 Å². The quantitative estimate of drug-likeness (QED) is 0.809. The Morgan fingerprint density at radius 3 is 2.64 bits per heavy atom. The van der Waals surface area contributed by atoms with Crippen molar-refractivity contribution in [3.8, 4) is 5.75 Å². The molecule has 0 saturated heterocycles. The van der Waals surface area contributed by atoms with Gasteiger partial charge in [0.05, 0.1) is 7.11 Å². The summed E-state index contributed by atoms with van der Waals surface area (Å²) in [5.41, 5.74) is 0.991. The highest BCUT2D eigenvalue weighted by Crippen LogP contribution is 2.27. The molecule has 1 unspecified atom stereocenters. The third-order valence-electron chi connectivity index (χ3n) is 2.09. The topological polar surface area (TPSA) is 21.3 Å². The summed E-state index contributed by atoms with van der Waals surface area (Å²) in [4.78, 5) is 0. The molecule has 1 rings (SSSR count). The summed E-state index contributed by atoms with van der Waals surface area (Å²) < 4.78 is 5.06. The van der Waals surface area contributed by atoms with Gasteiger partial charge in [0.25, 0.3) is 0 Å². The number of hydrogen-bond acceptors (Lipinski definition) is 2. The molecule has 0 bridgehead atoms. The van der Waals surface area contributed by atoms with E-state index in [1.54, 1.807) is 13.2 Å². The van der Waals surface area contributed by atoms with Gasteiger partial charge in [-0.05, 0) is 24.7 Å². The van der Waals surface area contributed by atoms with E-state index in [4.69, 9.17) is 27.9 Å². The standard InChI is InChI=1S/C10H13Cl2NO/c1-13-10(6-11)8-4-3-7(14-2)5-9(8)12/h3-5,10,13H,6H2,1-2H3. The van der Waals surface area contributed by atoms with Crippen LogP contribution in [0.1, 0.15) is 11.6 Å². The molecular weight excluding hydrogens is 221 g/mol. The van der Waals surface area contributed by atoms with Crippen LogP contribution in [0.2, 0.25) is 5.02 Å². The van der Waals surface area contributed by atoms with Gasteiger partial charge >= 0.3 is 0 Å². The van der Waals surface area contributed by atoms with Crippen LogP contribution in [0.3, 0.4) is 0 Å². The Kier molecular flexibility index (Phi) is 4.52. The highest BCUT2D eigenvalue weighted by atomic mass is 35.5. The van der Waals surface area contributed by atoms with Crippen LogP contribution in [0.4, 0.5) is 0 Å². The number of hydrogen-bond donors (Lipinski definition) is 1. The van der Waals surface area contributed by atoms with Gasteiger partial charge in [0.2, 0.25) is 0 Å². The maximum absolute atomic E-state index is 6.08. The third-order valence-corrected chi connectivity index (χ3v) is 2.72. The second-order valence-corrected chi connectivity index (χ2v) is 3.60. The Hall–Kier alpha value is -0.440. The summed E-state index contributed by atoms with van der Waals surface area (Å²) in [5.74, 6) is 1.24. The molecule has 1 atom stereocenters. The van der Waals surface area contributed by atoms with Crippen molar-refractivity contribution in [3.05, 3.63) is 28.8 Å². The number of halogens is 2. The van der Waals surface area contributed by atoms with Crippen molar-refractivity contribution in [3.63, 3.8) is 0 Å².